The van der Waals surface area contributed by atoms with Crippen LogP contribution in [0.25, 0.3) is 0 Å². The maximum atomic E-state index is 5.74. The summed E-state index contributed by atoms with van der Waals surface area (Å²) in [6, 6.07) is 9.86. The van der Waals surface area contributed by atoms with Gasteiger partial charge in [0.25, 0.3) is 0 Å². The van der Waals surface area contributed by atoms with Crippen molar-refractivity contribution in [3.8, 4) is 5.75 Å². The summed E-state index contributed by atoms with van der Waals surface area (Å²) in [5.41, 5.74) is 6.70. The summed E-state index contributed by atoms with van der Waals surface area (Å²) in [4.78, 5) is 0. The Morgan fingerprint density at radius 1 is 1.19 bits per heavy atom. The summed E-state index contributed by atoms with van der Waals surface area (Å²) in [5.74, 6) is 6.62. The smallest absolute Gasteiger partial charge is 0.119 e. The molecular weight excluding hydrogens is 264 g/mol. The number of hydrazine groups is 1. The van der Waals surface area contributed by atoms with Gasteiger partial charge in [0, 0.05) is 0 Å². The highest BCUT2D eigenvalue weighted by Gasteiger charge is 2.16. The van der Waals surface area contributed by atoms with Crippen LogP contribution in [0.15, 0.2) is 30.3 Å². The van der Waals surface area contributed by atoms with Gasteiger partial charge in [0.2, 0.25) is 0 Å². The van der Waals surface area contributed by atoms with Gasteiger partial charge in [0.05, 0.1) is 24.0 Å². The molecule has 3 N–H and O–H groups in total. The number of rotatable bonds is 6. The minimum Gasteiger partial charge on any atom is -0.494 e. The number of nitrogens with one attached hydrogen (secondary N) is 1. The second-order valence-electron chi connectivity index (χ2n) is 5.04. The van der Waals surface area contributed by atoms with Crippen LogP contribution in [-0.2, 0) is 0 Å². The minimum absolute atomic E-state index is 0.112. The minimum atomic E-state index is -0.112. The number of aromatic nitrogens is 2. The van der Waals surface area contributed by atoms with Crippen molar-refractivity contribution in [3.63, 3.8) is 0 Å². The summed E-state index contributed by atoms with van der Waals surface area (Å²) in [5, 5.41) is 8.22. The monoisotopic (exact) mass is 286 g/mol. The van der Waals surface area contributed by atoms with Crippen molar-refractivity contribution in [2.45, 2.75) is 33.2 Å². The van der Waals surface area contributed by atoms with Crippen molar-refractivity contribution < 1.29 is 4.74 Å². The van der Waals surface area contributed by atoms with E-state index in [0.29, 0.717) is 0 Å². The summed E-state index contributed by atoms with van der Waals surface area (Å²) < 4.78 is 5.60. The van der Waals surface area contributed by atoms with Gasteiger partial charge in [-0.15, -0.1) is 0 Å². The zero-order chi connectivity index (χ0) is 15.2. The Morgan fingerprint density at radius 3 is 2.52 bits per heavy atom. The van der Waals surface area contributed by atoms with E-state index in [1.807, 2.05) is 44.2 Å². The van der Waals surface area contributed by atoms with Crippen LogP contribution in [0.3, 0.4) is 0 Å². The van der Waals surface area contributed by atoms with Gasteiger partial charge < -0.3 is 4.74 Å². The van der Waals surface area contributed by atoms with Crippen LogP contribution in [0.1, 0.15) is 41.9 Å². The quantitative estimate of drug-likeness (QED) is 0.630. The van der Waals surface area contributed by atoms with Crippen LogP contribution in [0.2, 0.25) is 0 Å². The van der Waals surface area contributed by atoms with E-state index in [0.717, 1.165) is 41.3 Å². The number of nitrogens with zero attached hydrogens (tertiary/aromatic N) is 2. The van der Waals surface area contributed by atoms with Gasteiger partial charge in [-0.1, -0.05) is 19.1 Å². The fraction of sp³-hybridized carbons (Fsp3) is 0.375. The Hall–Kier alpha value is -1.98. The van der Waals surface area contributed by atoms with E-state index >= 15 is 0 Å². The van der Waals surface area contributed by atoms with Gasteiger partial charge in [-0.05, 0) is 49.6 Å². The fourth-order valence-corrected chi connectivity index (χ4v) is 2.20. The van der Waals surface area contributed by atoms with Crippen molar-refractivity contribution in [1.29, 1.82) is 0 Å². The molecule has 0 bridgehead atoms. The maximum absolute atomic E-state index is 5.74. The molecule has 0 saturated heterocycles. The fourth-order valence-electron chi connectivity index (χ4n) is 2.20. The largest absolute Gasteiger partial charge is 0.494 e. The first-order valence-electron chi connectivity index (χ1n) is 7.15. The van der Waals surface area contributed by atoms with Crippen molar-refractivity contribution in [1.82, 2.24) is 15.6 Å². The molecule has 0 saturated carbocycles. The molecule has 5 heteroatoms. The summed E-state index contributed by atoms with van der Waals surface area (Å²) in [6.45, 7) is 6.67. The maximum Gasteiger partial charge on any atom is 0.119 e. The number of hydrogen-bond acceptors (Lipinski definition) is 5. The van der Waals surface area contributed by atoms with Crippen LogP contribution in [0.5, 0.6) is 5.75 Å². The topological polar surface area (TPSA) is 73.1 Å². The molecule has 0 fully saturated rings. The molecule has 0 aliphatic carbocycles. The molecule has 0 radical (unpaired) electrons. The first-order valence-corrected chi connectivity index (χ1v) is 7.15. The molecule has 0 spiro atoms. The Bertz CT molecular complexity index is 583. The molecule has 112 valence electrons. The zero-order valence-electron chi connectivity index (χ0n) is 12.8. The first-order chi connectivity index (χ1) is 10.2. The third kappa shape index (κ3) is 3.77. The average molecular weight is 286 g/mol. The lowest BCUT2D eigenvalue weighted by atomic mass is 9.98. The number of ether oxygens (including phenoxy) is 1. The third-order valence-corrected chi connectivity index (χ3v) is 3.30. The highest BCUT2D eigenvalue weighted by molar-refractivity contribution is 5.37. The van der Waals surface area contributed by atoms with Gasteiger partial charge in [0.1, 0.15) is 5.75 Å². The summed E-state index contributed by atoms with van der Waals surface area (Å²) in [7, 11) is 0. The molecule has 2 rings (SSSR count). The molecular formula is C16H22N4O. The second-order valence-corrected chi connectivity index (χ2v) is 5.04. The van der Waals surface area contributed by atoms with E-state index in [1.165, 1.54) is 0 Å². The molecule has 2 aromatic rings. The molecule has 0 amide bonds. The Balaban J connectivity index is 2.26. The molecule has 1 heterocycles. The number of nitrogens with two attached hydrogens (primary N) is 1. The van der Waals surface area contributed by atoms with Crippen LogP contribution in [-0.4, -0.2) is 16.8 Å². The van der Waals surface area contributed by atoms with Crippen LogP contribution >= 0.6 is 0 Å². The van der Waals surface area contributed by atoms with Gasteiger partial charge in [0.15, 0.2) is 0 Å². The molecule has 0 aliphatic heterocycles. The van der Waals surface area contributed by atoms with E-state index in [4.69, 9.17) is 10.6 Å². The highest BCUT2D eigenvalue weighted by Crippen LogP contribution is 2.25. The van der Waals surface area contributed by atoms with Gasteiger partial charge in [-0.25, -0.2) is 5.43 Å². The lowest BCUT2D eigenvalue weighted by Crippen LogP contribution is -2.29. The number of hydrogen-bond donors (Lipinski definition) is 2. The molecule has 5 nitrogen and oxygen atoms in total. The lowest BCUT2D eigenvalue weighted by molar-refractivity contribution is 0.317. The lowest BCUT2D eigenvalue weighted by Gasteiger charge is -2.19. The van der Waals surface area contributed by atoms with Crippen LogP contribution < -0.4 is 16.0 Å². The van der Waals surface area contributed by atoms with E-state index in [9.17, 15) is 0 Å². The van der Waals surface area contributed by atoms with Crippen molar-refractivity contribution in [3.05, 3.63) is 52.8 Å². The standard InChI is InChI=1S/C16H22N4O/c1-4-9-21-14-7-5-13(6-8-14)16(18-17)15-10-11(2)19-20-12(15)3/h5-8,10,16,18H,4,9,17H2,1-3H3. The van der Waals surface area contributed by atoms with Crippen molar-refractivity contribution in [2.24, 2.45) is 5.84 Å². The Kier molecular flexibility index (Phi) is 5.25. The third-order valence-electron chi connectivity index (χ3n) is 3.30. The second kappa shape index (κ2) is 7.15. The van der Waals surface area contributed by atoms with Crippen LogP contribution in [0.4, 0.5) is 0 Å². The van der Waals surface area contributed by atoms with Crippen molar-refractivity contribution >= 4 is 0 Å². The molecule has 0 aliphatic rings. The van der Waals surface area contributed by atoms with Gasteiger partial charge in [-0.3, -0.25) is 5.84 Å². The normalized spacial score (nSPS) is 12.2. The summed E-state index contributed by atoms with van der Waals surface area (Å²) in [6.07, 6.45) is 0.996. The predicted octanol–water partition coefficient (Wildman–Crippen LogP) is 2.43. The van der Waals surface area contributed by atoms with E-state index in [2.05, 4.69) is 22.5 Å². The van der Waals surface area contributed by atoms with Crippen LogP contribution in [0, 0.1) is 13.8 Å². The number of aryl methyl sites for hydroxylation is 2. The Morgan fingerprint density at radius 2 is 1.90 bits per heavy atom. The zero-order valence-corrected chi connectivity index (χ0v) is 12.8. The van der Waals surface area contributed by atoms with Gasteiger partial charge >= 0.3 is 0 Å². The SMILES string of the molecule is CCCOc1ccc(C(NN)c2cc(C)nnc2C)cc1. The number of benzene rings is 1. The average Bonchev–Trinajstić information content (AvgIpc) is 2.50. The Labute approximate surface area is 125 Å². The van der Waals surface area contributed by atoms with E-state index in [-0.39, 0.29) is 6.04 Å². The molecule has 21 heavy (non-hydrogen) atoms. The molecule has 1 atom stereocenters. The van der Waals surface area contributed by atoms with E-state index in [1.54, 1.807) is 0 Å². The van der Waals surface area contributed by atoms with E-state index < -0.39 is 0 Å². The predicted molar refractivity (Wildman–Crippen MR) is 82.9 cm³/mol. The van der Waals surface area contributed by atoms with Gasteiger partial charge in [-0.2, -0.15) is 10.2 Å². The first kappa shape index (κ1) is 15.4. The van der Waals surface area contributed by atoms with Crippen molar-refractivity contribution in [2.75, 3.05) is 6.61 Å². The molecule has 1 aromatic heterocycles. The summed E-state index contributed by atoms with van der Waals surface area (Å²) >= 11 is 0. The molecule has 1 aromatic carbocycles. The highest BCUT2D eigenvalue weighted by atomic mass is 16.5. The molecule has 1 unspecified atom stereocenters.